The zero-order chi connectivity index (χ0) is 22.5. The number of rotatable bonds is 8. The second kappa shape index (κ2) is 11.1. The van der Waals surface area contributed by atoms with Crippen molar-refractivity contribution in [3.63, 3.8) is 0 Å². The number of aliphatic hydroxyl groups excluding tert-OH is 6. The quantitative estimate of drug-likeness (QED) is 0.288. The Bertz CT molecular complexity index is 661. The van der Waals surface area contributed by atoms with Gasteiger partial charge in [0.25, 0.3) is 0 Å². The molecule has 2 saturated heterocycles. The van der Waals surface area contributed by atoms with E-state index in [0.29, 0.717) is 6.42 Å². The zero-order valence-corrected chi connectivity index (χ0v) is 17.3. The Morgan fingerprint density at radius 2 is 1.58 bits per heavy atom. The van der Waals surface area contributed by atoms with Gasteiger partial charge < -0.3 is 49.6 Å². The van der Waals surface area contributed by atoms with Gasteiger partial charge in [-0.15, -0.1) is 0 Å². The molecular weight excluding hydrogens is 412 g/mol. The van der Waals surface area contributed by atoms with Gasteiger partial charge in [0.05, 0.1) is 19.3 Å². The van der Waals surface area contributed by atoms with Crippen molar-refractivity contribution in [1.29, 1.82) is 0 Å². The van der Waals surface area contributed by atoms with Crippen LogP contribution in [0.25, 0.3) is 0 Å². The third-order valence-electron chi connectivity index (χ3n) is 5.57. The van der Waals surface area contributed by atoms with Crippen molar-refractivity contribution in [2.24, 2.45) is 0 Å². The number of benzene rings is 1. The highest BCUT2D eigenvalue weighted by molar-refractivity contribution is 5.17. The molecule has 0 bridgehead atoms. The van der Waals surface area contributed by atoms with E-state index in [9.17, 15) is 30.6 Å². The van der Waals surface area contributed by atoms with Gasteiger partial charge in [-0.2, -0.15) is 0 Å². The fraction of sp³-hybridized carbons (Fsp3) is 0.714. The Balaban J connectivity index is 1.64. The van der Waals surface area contributed by atoms with Crippen molar-refractivity contribution in [2.45, 2.75) is 81.2 Å². The first-order chi connectivity index (χ1) is 14.8. The standard InChI is InChI=1S/C21H32O10/c1-2-6-13(11-7-4-3-5-8-11)30-21-19(27)17(25)16(24)14(31-21)10-29-20-18(26)15(23)12(22)9-28-20/h3-5,7-8,12-27H,2,6,9-10H2,1H3/t12-,13?,14-,15+,16-,17+,18-,19-,20+,21-/m1/s1. The summed E-state index contributed by atoms with van der Waals surface area (Å²) in [5, 5.41) is 60.2. The fourth-order valence-corrected chi connectivity index (χ4v) is 3.69. The molecule has 1 aromatic rings. The molecule has 10 nitrogen and oxygen atoms in total. The molecule has 2 fully saturated rings. The van der Waals surface area contributed by atoms with E-state index in [1.165, 1.54) is 0 Å². The van der Waals surface area contributed by atoms with Gasteiger partial charge in [-0.25, -0.2) is 0 Å². The van der Waals surface area contributed by atoms with Gasteiger partial charge in [-0.05, 0) is 12.0 Å². The predicted molar refractivity (Wildman–Crippen MR) is 106 cm³/mol. The first-order valence-corrected chi connectivity index (χ1v) is 10.5. The predicted octanol–water partition coefficient (Wildman–Crippen LogP) is -1.19. The molecule has 10 heteroatoms. The van der Waals surface area contributed by atoms with Crippen molar-refractivity contribution in [2.75, 3.05) is 13.2 Å². The van der Waals surface area contributed by atoms with Gasteiger partial charge in [-0.1, -0.05) is 43.7 Å². The fourth-order valence-electron chi connectivity index (χ4n) is 3.69. The monoisotopic (exact) mass is 444 g/mol. The lowest BCUT2D eigenvalue weighted by Crippen LogP contribution is -2.60. The number of aliphatic hydroxyl groups is 6. The summed E-state index contributed by atoms with van der Waals surface area (Å²) in [5.41, 5.74) is 0.889. The maximum atomic E-state index is 10.4. The molecule has 0 aromatic heterocycles. The van der Waals surface area contributed by atoms with Gasteiger partial charge in [0.1, 0.15) is 42.7 Å². The SMILES string of the molecule is CCCC(O[C@@H]1O[C@H](CO[C@@H]2OC[C@@H](O)[C@H](O)[C@H]2O)[C@@H](O)[C@H](O)[C@H]1O)c1ccccc1. The highest BCUT2D eigenvalue weighted by atomic mass is 16.7. The van der Waals surface area contributed by atoms with Crippen molar-refractivity contribution < 1.29 is 49.6 Å². The first kappa shape index (κ1) is 24.5. The molecular formula is C21H32O10. The summed E-state index contributed by atoms with van der Waals surface area (Å²) in [7, 11) is 0. The molecule has 1 aromatic carbocycles. The van der Waals surface area contributed by atoms with Crippen LogP contribution in [-0.4, -0.2) is 99.2 Å². The summed E-state index contributed by atoms with van der Waals surface area (Å²) in [6, 6.07) is 9.40. The van der Waals surface area contributed by atoms with E-state index in [-0.39, 0.29) is 13.2 Å². The van der Waals surface area contributed by atoms with Gasteiger partial charge >= 0.3 is 0 Å². The van der Waals surface area contributed by atoms with E-state index in [2.05, 4.69) is 0 Å². The van der Waals surface area contributed by atoms with Crippen LogP contribution in [-0.2, 0) is 18.9 Å². The third-order valence-corrected chi connectivity index (χ3v) is 5.57. The van der Waals surface area contributed by atoms with E-state index in [1.54, 1.807) is 0 Å². The lowest BCUT2D eigenvalue weighted by atomic mass is 9.98. The molecule has 6 N–H and O–H groups in total. The van der Waals surface area contributed by atoms with E-state index < -0.39 is 61.4 Å². The topological polar surface area (TPSA) is 158 Å². The maximum Gasteiger partial charge on any atom is 0.187 e. The molecule has 0 amide bonds. The highest BCUT2D eigenvalue weighted by Gasteiger charge is 2.46. The average Bonchev–Trinajstić information content (AvgIpc) is 2.78. The molecule has 0 spiro atoms. The molecule has 2 aliphatic rings. The summed E-state index contributed by atoms with van der Waals surface area (Å²) in [5.74, 6) is 0. The van der Waals surface area contributed by atoms with Crippen molar-refractivity contribution in [3.8, 4) is 0 Å². The molecule has 2 heterocycles. The second-order valence-corrected chi connectivity index (χ2v) is 7.92. The third kappa shape index (κ3) is 5.79. The minimum absolute atomic E-state index is 0.236. The largest absolute Gasteiger partial charge is 0.388 e. The van der Waals surface area contributed by atoms with Crippen LogP contribution in [0.3, 0.4) is 0 Å². The molecule has 10 atom stereocenters. The van der Waals surface area contributed by atoms with Gasteiger partial charge in [-0.3, -0.25) is 0 Å². The summed E-state index contributed by atoms with van der Waals surface area (Å²) in [6.45, 7) is 1.44. The molecule has 0 aliphatic carbocycles. The molecule has 0 saturated carbocycles. The summed E-state index contributed by atoms with van der Waals surface area (Å²) < 4.78 is 22.3. The van der Waals surface area contributed by atoms with Gasteiger partial charge in [0, 0.05) is 0 Å². The molecule has 1 unspecified atom stereocenters. The van der Waals surface area contributed by atoms with E-state index in [1.807, 2.05) is 37.3 Å². The Hall–Kier alpha value is -1.18. The smallest absolute Gasteiger partial charge is 0.187 e. The average molecular weight is 444 g/mol. The number of hydrogen-bond donors (Lipinski definition) is 6. The lowest BCUT2D eigenvalue weighted by molar-refractivity contribution is -0.328. The zero-order valence-electron chi connectivity index (χ0n) is 17.3. The number of hydrogen-bond acceptors (Lipinski definition) is 10. The second-order valence-electron chi connectivity index (χ2n) is 7.92. The molecule has 3 rings (SSSR count). The summed E-state index contributed by atoms with van der Waals surface area (Å²) >= 11 is 0. The van der Waals surface area contributed by atoms with E-state index in [0.717, 1.165) is 12.0 Å². The Morgan fingerprint density at radius 3 is 2.26 bits per heavy atom. The lowest BCUT2D eigenvalue weighted by Gasteiger charge is -2.42. The van der Waals surface area contributed by atoms with Crippen molar-refractivity contribution in [1.82, 2.24) is 0 Å². The van der Waals surface area contributed by atoms with Crippen molar-refractivity contribution >= 4 is 0 Å². The normalized spacial score (nSPS) is 39.9. The Kier molecular flexibility index (Phi) is 8.76. The van der Waals surface area contributed by atoms with Crippen LogP contribution in [0.2, 0.25) is 0 Å². The minimum Gasteiger partial charge on any atom is -0.388 e. The van der Waals surface area contributed by atoms with Crippen LogP contribution >= 0.6 is 0 Å². The van der Waals surface area contributed by atoms with Gasteiger partial charge in [0.2, 0.25) is 0 Å². The van der Waals surface area contributed by atoms with E-state index in [4.69, 9.17) is 18.9 Å². The molecule has 0 radical (unpaired) electrons. The number of ether oxygens (including phenoxy) is 4. The minimum atomic E-state index is -1.55. The molecule has 31 heavy (non-hydrogen) atoms. The van der Waals surface area contributed by atoms with Crippen LogP contribution in [0.15, 0.2) is 30.3 Å². The van der Waals surface area contributed by atoms with Crippen LogP contribution in [0.4, 0.5) is 0 Å². The van der Waals surface area contributed by atoms with Gasteiger partial charge in [0.15, 0.2) is 12.6 Å². The van der Waals surface area contributed by atoms with Crippen LogP contribution < -0.4 is 0 Å². The molecule has 176 valence electrons. The molecule has 2 aliphatic heterocycles. The summed E-state index contributed by atoms with van der Waals surface area (Å²) in [4.78, 5) is 0. The summed E-state index contributed by atoms with van der Waals surface area (Å²) in [6.07, 6.45) is -11.2. The highest BCUT2D eigenvalue weighted by Crippen LogP contribution is 2.30. The maximum absolute atomic E-state index is 10.4. The first-order valence-electron chi connectivity index (χ1n) is 10.5. The van der Waals surface area contributed by atoms with Crippen LogP contribution in [0.1, 0.15) is 31.4 Å². The Labute approximate surface area is 180 Å². The Morgan fingerprint density at radius 1 is 0.903 bits per heavy atom. The van der Waals surface area contributed by atoms with Crippen LogP contribution in [0.5, 0.6) is 0 Å². The van der Waals surface area contributed by atoms with E-state index >= 15 is 0 Å². The van der Waals surface area contributed by atoms with Crippen LogP contribution in [0, 0.1) is 0 Å². The van der Waals surface area contributed by atoms with Crippen molar-refractivity contribution in [3.05, 3.63) is 35.9 Å².